The summed E-state index contributed by atoms with van der Waals surface area (Å²) in [7, 11) is 14.2. The van der Waals surface area contributed by atoms with E-state index in [1.165, 1.54) is 9.69 Å². The van der Waals surface area contributed by atoms with Crippen LogP contribution in [0.15, 0.2) is 48.5 Å². The van der Waals surface area contributed by atoms with Crippen LogP contribution in [0.2, 0.25) is 0 Å². The molecule has 17 nitrogen and oxygen atoms in total. The average molecular weight is 983 g/mol. The molecule has 2 aromatic heterocycles. The van der Waals surface area contributed by atoms with Gasteiger partial charge in [0.1, 0.15) is 30.0 Å². The van der Waals surface area contributed by atoms with Crippen molar-refractivity contribution in [2.24, 2.45) is 0 Å². The number of benzene rings is 2. The van der Waals surface area contributed by atoms with Gasteiger partial charge in [0, 0.05) is 84.6 Å². The van der Waals surface area contributed by atoms with Gasteiger partial charge in [-0.1, -0.05) is 24.3 Å². The lowest BCUT2D eigenvalue weighted by Crippen LogP contribution is -2.52. The zero-order chi connectivity index (χ0) is 43.8. The first-order valence-corrected chi connectivity index (χ1v) is 23.9. The summed E-state index contributed by atoms with van der Waals surface area (Å²) in [6.07, 6.45) is 0. The summed E-state index contributed by atoms with van der Waals surface area (Å²) < 4.78 is 43.6. The van der Waals surface area contributed by atoms with Crippen molar-refractivity contribution in [2.75, 3.05) is 84.6 Å². The standard InChI is InChI=1S/2C12H22N6OP.C6H6Cl6.FH2O3P/c2*1-15(2)20(16(3)4,17(5)6)19-18-12-10-8-7-9-11(12)13-14-18;7-1-2(8)4(10)6(12)5(11)3(1)9;1-5(2,3)4/h2*7-10H,1-6H3;1-6H;(H2,2,3,4)/q2*+1;;/p-2/t;;1-,2-,3-,4+,5+,6+;. The number of hydrogen-bond acceptors (Lipinski definition) is 15. The Labute approximate surface area is 365 Å². The van der Waals surface area contributed by atoms with Gasteiger partial charge in [-0.25, -0.2) is 4.20 Å². The minimum atomic E-state index is -5.64. The Bertz CT molecular complexity index is 1670. The first-order valence-electron chi connectivity index (χ1n) is 16.7. The summed E-state index contributed by atoms with van der Waals surface area (Å²) in [6.45, 7) is 0. The van der Waals surface area contributed by atoms with Crippen molar-refractivity contribution in [1.29, 1.82) is 0 Å². The van der Waals surface area contributed by atoms with Crippen LogP contribution in [-0.2, 0) is 4.57 Å². The lowest BCUT2D eigenvalue weighted by Gasteiger charge is -2.37. The van der Waals surface area contributed by atoms with E-state index in [-0.39, 0.29) is 0 Å². The third-order valence-electron chi connectivity index (χ3n) is 7.97. The van der Waals surface area contributed by atoms with Gasteiger partial charge in [0.05, 0.1) is 32.3 Å². The fraction of sp³-hybridized carbons (Fsp3) is 0.600. The maximum Gasteiger partial charge on any atom is 0.449 e. The molecule has 0 saturated heterocycles. The molecule has 5 rings (SSSR count). The molecular weight excluding hydrogens is 933 g/mol. The molecule has 27 heteroatoms. The normalized spacial score (nSPS) is 21.7. The zero-order valence-corrected chi connectivity index (χ0v) is 40.7. The molecule has 0 aliphatic heterocycles. The molecular formula is C30H50Cl6FN12O5P3. The van der Waals surface area contributed by atoms with Crippen molar-refractivity contribution in [2.45, 2.75) is 32.3 Å². The van der Waals surface area contributed by atoms with Crippen molar-refractivity contribution in [1.82, 2.24) is 58.3 Å². The van der Waals surface area contributed by atoms with E-state index in [1.54, 1.807) is 0 Å². The highest BCUT2D eigenvalue weighted by atomic mass is 35.5. The van der Waals surface area contributed by atoms with Crippen LogP contribution in [0, 0.1) is 0 Å². The van der Waals surface area contributed by atoms with E-state index in [0.29, 0.717) is 0 Å². The van der Waals surface area contributed by atoms with E-state index < -0.39 is 56.1 Å². The summed E-state index contributed by atoms with van der Waals surface area (Å²) in [5.74, 6) is 0. The molecule has 0 radical (unpaired) electrons. The van der Waals surface area contributed by atoms with E-state index in [0.717, 1.165) is 22.1 Å². The number of rotatable bonds is 10. The highest BCUT2D eigenvalue weighted by Gasteiger charge is 2.55. The van der Waals surface area contributed by atoms with Crippen LogP contribution in [0.1, 0.15) is 0 Å². The molecule has 0 spiro atoms. The molecule has 0 N–H and O–H groups in total. The monoisotopic (exact) mass is 980 g/mol. The number of aromatic nitrogens is 6. The summed E-state index contributed by atoms with van der Waals surface area (Å²) in [5.41, 5.74) is 3.37. The minimum absolute atomic E-state index is 0.437. The van der Waals surface area contributed by atoms with Crippen molar-refractivity contribution in [3.63, 3.8) is 0 Å². The van der Waals surface area contributed by atoms with Gasteiger partial charge >= 0.3 is 15.9 Å². The maximum atomic E-state index is 10.1. The molecule has 0 atom stereocenters. The molecule has 57 heavy (non-hydrogen) atoms. The summed E-state index contributed by atoms with van der Waals surface area (Å²) in [6, 6.07) is 15.5. The summed E-state index contributed by atoms with van der Waals surface area (Å²) >= 11 is 35.3. The second kappa shape index (κ2) is 22.4. The van der Waals surface area contributed by atoms with Gasteiger partial charge in [0.15, 0.2) is 0 Å². The van der Waals surface area contributed by atoms with Crippen LogP contribution in [0.5, 0.6) is 0 Å². The second-order valence-corrected chi connectivity index (χ2v) is 24.3. The zero-order valence-electron chi connectivity index (χ0n) is 33.5. The van der Waals surface area contributed by atoms with Crippen LogP contribution in [0.4, 0.5) is 4.20 Å². The van der Waals surface area contributed by atoms with E-state index >= 15 is 0 Å². The van der Waals surface area contributed by atoms with Crippen molar-refractivity contribution in [3.05, 3.63) is 48.5 Å². The first-order chi connectivity index (χ1) is 26.2. The van der Waals surface area contributed by atoms with Crippen molar-refractivity contribution in [3.8, 4) is 0 Å². The Morgan fingerprint density at radius 2 is 0.754 bits per heavy atom. The maximum absolute atomic E-state index is 10.1. The molecule has 1 aliphatic carbocycles. The molecule has 2 aromatic carbocycles. The number of hydrogen-bond donors (Lipinski definition) is 0. The van der Waals surface area contributed by atoms with Crippen LogP contribution in [-0.4, -0.2) is 175 Å². The quantitative estimate of drug-likeness (QED) is 0.156. The van der Waals surface area contributed by atoms with Gasteiger partial charge in [0.25, 0.3) is 0 Å². The highest BCUT2D eigenvalue weighted by Crippen LogP contribution is 2.62. The Kier molecular flexibility index (Phi) is 20.6. The predicted octanol–water partition coefficient (Wildman–Crippen LogP) is 4.87. The van der Waals surface area contributed by atoms with Gasteiger partial charge < -0.3 is 14.4 Å². The number of halogens is 7. The summed E-state index contributed by atoms with van der Waals surface area (Å²) in [5, 5.41) is 13.9. The minimum Gasteiger partial charge on any atom is -0.786 e. The van der Waals surface area contributed by atoms with E-state index in [9.17, 15) is 4.20 Å². The van der Waals surface area contributed by atoms with Crippen LogP contribution < -0.4 is 19.0 Å². The Hall–Kier alpha value is -0.720. The lowest BCUT2D eigenvalue weighted by atomic mass is 9.97. The van der Waals surface area contributed by atoms with E-state index in [4.69, 9.17) is 93.2 Å². The Morgan fingerprint density at radius 1 is 0.544 bits per heavy atom. The molecule has 0 bridgehead atoms. The topological polar surface area (TPSA) is 163 Å². The third-order valence-corrected chi connectivity index (χ3v) is 19.0. The number of alkyl halides is 6. The number of fused-ring (bicyclic) bond motifs is 2. The molecule has 1 aliphatic rings. The Balaban J connectivity index is 0.000000286. The molecule has 4 aromatic rings. The van der Waals surface area contributed by atoms with Crippen molar-refractivity contribution >= 4 is 115 Å². The van der Waals surface area contributed by atoms with E-state index in [1.807, 2.05) is 133 Å². The number of para-hydroxylation sites is 2. The number of nitrogens with zero attached hydrogens (tertiary/aromatic N) is 12. The van der Waals surface area contributed by atoms with Gasteiger partial charge in [0.2, 0.25) is 0 Å². The van der Waals surface area contributed by atoms with Gasteiger partial charge in [-0.3, -0.25) is 0 Å². The average Bonchev–Trinajstić information content (AvgIpc) is 3.73. The van der Waals surface area contributed by atoms with Crippen LogP contribution in [0.25, 0.3) is 22.1 Å². The SMILES string of the molecule is CN(C)[P+](On1nnc2ccccc21)(N(C)C)N(C)C.CN(C)[P+](On1nnc2ccccc21)(N(C)C)N(C)C.Cl[C@H]1[C@H](Cl)[C@@H](Cl)[C@@H](Cl)[C@H](Cl)[C@H]1Cl.O=P([O-])([O-])F. The predicted molar refractivity (Wildman–Crippen MR) is 231 cm³/mol. The Morgan fingerprint density at radius 3 is 0.965 bits per heavy atom. The smallest absolute Gasteiger partial charge is 0.449 e. The largest absolute Gasteiger partial charge is 0.786 e. The fourth-order valence-corrected chi connectivity index (χ4v) is 13.8. The molecule has 1 saturated carbocycles. The van der Waals surface area contributed by atoms with Crippen molar-refractivity contribution < 1.29 is 27.8 Å². The molecule has 1 fully saturated rings. The van der Waals surface area contributed by atoms with E-state index in [2.05, 4.69) is 48.6 Å². The molecule has 2 heterocycles. The lowest BCUT2D eigenvalue weighted by molar-refractivity contribution is -0.328. The van der Waals surface area contributed by atoms with Gasteiger partial charge in [-0.2, -0.15) is 9.25 Å². The second-order valence-electron chi connectivity index (χ2n) is 13.3. The van der Waals surface area contributed by atoms with Crippen LogP contribution >= 0.6 is 93.4 Å². The third kappa shape index (κ3) is 13.1. The molecule has 0 amide bonds. The van der Waals surface area contributed by atoms with Gasteiger partial charge in [-0.15, -0.1) is 108 Å². The first kappa shape index (κ1) is 52.4. The molecule has 0 unspecified atom stereocenters. The summed E-state index contributed by atoms with van der Waals surface area (Å²) in [4.78, 5) is 19.9. The highest BCUT2D eigenvalue weighted by molar-refractivity contribution is 7.64. The van der Waals surface area contributed by atoms with Gasteiger partial charge in [-0.05, 0) is 44.4 Å². The van der Waals surface area contributed by atoms with Crippen LogP contribution in [0.3, 0.4) is 0 Å². The fourth-order valence-electron chi connectivity index (χ4n) is 5.66. The molecule has 324 valence electrons.